The summed E-state index contributed by atoms with van der Waals surface area (Å²) in [5, 5.41) is 2.78. The van der Waals surface area contributed by atoms with E-state index in [0.29, 0.717) is 0 Å². The molecular formula is C16H27N3O2. The molecule has 118 valence electrons. The van der Waals surface area contributed by atoms with Crippen molar-refractivity contribution >= 4 is 5.91 Å². The van der Waals surface area contributed by atoms with Crippen LogP contribution in [0.15, 0.2) is 16.5 Å². The number of hydrogen-bond donors (Lipinski definition) is 2. The summed E-state index contributed by atoms with van der Waals surface area (Å²) >= 11 is 0. The first-order chi connectivity index (χ1) is 10.1. The summed E-state index contributed by atoms with van der Waals surface area (Å²) in [7, 11) is 1.70. The Hall–Kier alpha value is -1.33. The van der Waals surface area contributed by atoms with Crippen LogP contribution in [0, 0.1) is 6.92 Å². The number of likely N-dealkylation sites (N-methyl/N-ethyl adjacent to an activating group) is 1. The number of furan rings is 1. The van der Waals surface area contributed by atoms with Gasteiger partial charge < -0.3 is 15.5 Å². The molecule has 3 atom stereocenters. The summed E-state index contributed by atoms with van der Waals surface area (Å²) in [5.74, 6) is 1.83. The Balaban J connectivity index is 2.31. The minimum atomic E-state index is -0.114. The lowest BCUT2D eigenvalue weighted by atomic mass is 9.94. The normalized spacial score (nSPS) is 22.8. The number of nitrogens with zero attached hydrogens (tertiary/aromatic N) is 1. The Morgan fingerprint density at radius 1 is 1.52 bits per heavy atom. The molecule has 0 spiro atoms. The Labute approximate surface area is 126 Å². The van der Waals surface area contributed by atoms with Crippen molar-refractivity contribution in [3.63, 3.8) is 0 Å². The standard InChI is InChI=1S/C16H27N3O2/c1-4-12(17)15(14-9-8-11(2)21-14)19-10-6-5-7-13(19)16(20)18-3/h8-9,12-13,15H,4-7,10,17H2,1-3H3,(H,18,20). The molecule has 1 saturated heterocycles. The van der Waals surface area contributed by atoms with Crippen LogP contribution < -0.4 is 11.1 Å². The van der Waals surface area contributed by atoms with Crippen LogP contribution in [0.1, 0.15) is 50.2 Å². The van der Waals surface area contributed by atoms with Crippen molar-refractivity contribution < 1.29 is 9.21 Å². The number of carbonyl (C=O) groups excluding carboxylic acids is 1. The number of nitrogens with two attached hydrogens (primary N) is 1. The lowest BCUT2D eigenvalue weighted by molar-refractivity contribution is -0.128. The first kappa shape index (κ1) is 16.0. The highest BCUT2D eigenvalue weighted by Gasteiger charge is 2.37. The third-order valence-electron chi connectivity index (χ3n) is 4.38. The summed E-state index contributed by atoms with van der Waals surface area (Å²) in [6, 6.07) is 3.76. The van der Waals surface area contributed by atoms with Crippen LogP contribution in [0.5, 0.6) is 0 Å². The number of aryl methyl sites for hydroxylation is 1. The van der Waals surface area contributed by atoms with Crippen molar-refractivity contribution in [1.29, 1.82) is 0 Å². The molecule has 0 aliphatic carbocycles. The van der Waals surface area contributed by atoms with Crippen LogP contribution in [0.3, 0.4) is 0 Å². The summed E-state index contributed by atoms with van der Waals surface area (Å²) in [6.45, 7) is 4.90. The minimum Gasteiger partial charge on any atom is -0.465 e. The van der Waals surface area contributed by atoms with Gasteiger partial charge in [0.05, 0.1) is 12.1 Å². The molecular weight excluding hydrogens is 266 g/mol. The number of piperidine rings is 1. The van der Waals surface area contributed by atoms with Gasteiger partial charge in [-0.25, -0.2) is 0 Å². The summed E-state index contributed by atoms with van der Waals surface area (Å²) in [4.78, 5) is 14.4. The fourth-order valence-electron chi connectivity index (χ4n) is 3.19. The summed E-state index contributed by atoms with van der Waals surface area (Å²) in [5.41, 5.74) is 6.36. The van der Waals surface area contributed by atoms with Gasteiger partial charge in [0.2, 0.25) is 5.91 Å². The van der Waals surface area contributed by atoms with E-state index in [4.69, 9.17) is 10.2 Å². The Morgan fingerprint density at radius 3 is 2.86 bits per heavy atom. The maximum absolute atomic E-state index is 12.2. The molecule has 1 amide bonds. The van der Waals surface area contributed by atoms with E-state index in [0.717, 1.165) is 43.7 Å². The van der Waals surface area contributed by atoms with Crippen LogP contribution in [-0.4, -0.2) is 36.5 Å². The van der Waals surface area contributed by atoms with Gasteiger partial charge in [-0.05, 0) is 44.9 Å². The van der Waals surface area contributed by atoms with Gasteiger partial charge in [0.15, 0.2) is 0 Å². The number of likely N-dealkylation sites (tertiary alicyclic amines) is 1. The van der Waals surface area contributed by atoms with E-state index in [2.05, 4.69) is 17.1 Å². The fourth-order valence-corrected chi connectivity index (χ4v) is 3.19. The Morgan fingerprint density at radius 2 is 2.29 bits per heavy atom. The first-order valence-electron chi connectivity index (χ1n) is 7.87. The SMILES string of the molecule is CCC(N)C(c1ccc(C)o1)N1CCCCC1C(=O)NC. The molecule has 2 heterocycles. The zero-order valence-corrected chi connectivity index (χ0v) is 13.3. The van der Waals surface area contributed by atoms with Crippen LogP contribution in [0.4, 0.5) is 0 Å². The zero-order valence-electron chi connectivity index (χ0n) is 13.3. The second kappa shape index (κ2) is 7.09. The van der Waals surface area contributed by atoms with E-state index >= 15 is 0 Å². The second-order valence-electron chi connectivity index (χ2n) is 5.83. The van der Waals surface area contributed by atoms with Crippen molar-refractivity contribution in [1.82, 2.24) is 10.2 Å². The van der Waals surface area contributed by atoms with E-state index in [1.807, 2.05) is 19.1 Å². The van der Waals surface area contributed by atoms with E-state index in [-0.39, 0.29) is 24.0 Å². The number of rotatable bonds is 5. The number of hydrogen-bond acceptors (Lipinski definition) is 4. The maximum Gasteiger partial charge on any atom is 0.237 e. The largest absolute Gasteiger partial charge is 0.465 e. The lowest BCUT2D eigenvalue weighted by Crippen LogP contribution is -2.53. The van der Waals surface area contributed by atoms with Gasteiger partial charge >= 0.3 is 0 Å². The lowest BCUT2D eigenvalue weighted by Gasteiger charge is -2.41. The molecule has 5 nitrogen and oxygen atoms in total. The van der Waals surface area contributed by atoms with Gasteiger partial charge in [-0.2, -0.15) is 0 Å². The predicted octanol–water partition coefficient (Wildman–Crippen LogP) is 1.97. The molecule has 1 aliphatic rings. The minimum absolute atomic E-state index is 0.0358. The monoisotopic (exact) mass is 293 g/mol. The van der Waals surface area contributed by atoms with Crippen LogP contribution in [0.2, 0.25) is 0 Å². The molecule has 21 heavy (non-hydrogen) atoms. The van der Waals surface area contributed by atoms with Gasteiger partial charge in [0.25, 0.3) is 0 Å². The molecule has 1 fully saturated rings. The highest BCUT2D eigenvalue weighted by atomic mass is 16.3. The highest BCUT2D eigenvalue weighted by Crippen LogP contribution is 2.32. The third kappa shape index (κ3) is 3.47. The maximum atomic E-state index is 12.2. The van der Waals surface area contributed by atoms with Crippen molar-refractivity contribution in [3.8, 4) is 0 Å². The number of nitrogens with one attached hydrogen (secondary N) is 1. The van der Waals surface area contributed by atoms with Crippen molar-refractivity contribution in [3.05, 3.63) is 23.7 Å². The molecule has 5 heteroatoms. The second-order valence-corrected chi connectivity index (χ2v) is 5.83. The molecule has 1 aromatic heterocycles. The smallest absolute Gasteiger partial charge is 0.237 e. The first-order valence-corrected chi connectivity index (χ1v) is 7.87. The quantitative estimate of drug-likeness (QED) is 0.870. The van der Waals surface area contributed by atoms with Crippen LogP contribution in [-0.2, 0) is 4.79 Å². The Kier molecular flexibility index (Phi) is 5.42. The van der Waals surface area contributed by atoms with Crippen molar-refractivity contribution in [2.24, 2.45) is 5.73 Å². The molecule has 3 N–H and O–H groups in total. The zero-order chi connectivity index (χ0) is 15.4. The van der Waals surface area contributed by atoms with Crippen molar-refractivity contribution in [2.45, 2.75) is 57.7 Å². The third-order valence-corrected chi connectivity index (χ3v) is 4.38. The molecule has 1 aromatic rings. The number of amides is 1. The average Bonchev–Trinajstić information content (AvgIpc) is 2.93. The summed E-state index contributed by atoms with van der Waals surface area (Å²) < 4.78 is 5.83. The molecule has 0 radical (unpaired) electrons. The van der Waals surface area contributed by atoms with Gasteiger partial charge in [0.1, 0.15) is 11.5 Å². The predicted molar refractivity (Wildman–Crippen MR) is 82.9 cm³/mol. The van der Waals surface area contributed by atoms with Gasteiger partial charge in [-0.15, -0.1) is 0 Å². The van der Waals surface area contributed by atoms with Crippen molar-refractivity contribution in [2.75, 3.05) is 13.6 Å². The van der Waals surface area contributed by atoms with Gasteiger partial charge in [0, 0.05) is 13.1 Å². The van der Waals surface area contributed by atoms with Gasteiger partial charge in [-0.1, -0.05) is 13.3 Å². The molecule has 1 aliphatic heterocycles. The van der Waals surface area contributed by atoms with E-state index < -0.39 is 0 Å². The molecule has 2 rings (SSSR count). The van der Waals surface area contributed by atoms with E-state index in [1.54, 1.807) is 7.05 Å². The summed E-state index contributed by atoms with van der Waals surface area (Å²) in [6.07, 6.45) is 3.91. The number of carbonyl (C=O) groups is 1. The molecule has 0 saturated carbocycles. The fraction of sp³-hybridized carbons (Fsp3) is 0.688. The highest BCUT2D eigenvalue weighted by molar-refractivity contribution is 5.81. The molecule has 3 unspecified atom stereocenters. The van der Waals surface area contributed by atoms with Gasteiger partial charge in [-0.3, -0.25) is 9.69 Å². The van der Waals surface area contributed by atoms with Crippen LogP contribution in [0.25, 0.3) is 0 Å². The average molecular weight is 293 g/mol. The van der Waals surface area contributed by atoms with E-state index in [1.165, 1.54) is 0 Å². The molecule has 0 bridgehead atoms. The molecule has 0 aromatic carbocycles. The van der Waals surface area contributed by atoms with E-state index in [9.17, 15) is 4.79 Å². The van der Waals surface area contributed by atoms with Crippen LogP contribution >= 0.6 is 0 Å². The topological polar surface area (TPSA) is 71.5 Å². The Bertz CT molecular complexity index is 472.